The molecule has 0 saturated carbocycles. The van der Waals surface area contributed by atoms with Crippen molar-refractivity contribution in [3.05, 3.63) is 29.3 Å². The standard InChI is InChI=1S/C12H12ClNO5/c1-18-9-6-10(19-2)8(5-7(9)13)14-11(15)3-4-12(16)17/h3-6H,1-2H3,(H,14,15)(H,16,17). The second-order valence-corrected chi connectivity index (χ2v) is 3.76. The van der Waals surface area contributed by atoms with Crippen LogP contribution in [0.4, 0.5) is 5.69 Å². The number of hydrogen-bond donors (Lipinski definition) is 2. The van der Waals surface area contributed by atoms with Crippen molar-refractivity contribution in [2.75, 3.05) is 19.5 Å². The fourth-order valence-electron chi connectivity index (χ4n) is 1.28. The number of hydrogen-bond acceptors (Lipinski definition) is 4. The van der Waals surface area contributed by atoms with Crippen LogP contribution in [0.5, 0.6) is 11.5 Å². The lowest BCUT2D eigenvalue weighted by Gasteiger charge is -2.12. The number of carbonyl (C=O) groups excluding carboxylic acids is 1. The summed E-state index contributed by atoms with van der Waals surface area (Å²) in [6.45, 7) is 0. The first kappa shape index (κ1) is 14.8. The van der Waals surface area contributed by atoms with Crippen molar-refractivity contribution < 1.29 is 24.2 Å². The third kappa shape index (κ3) is 4.18. The van der Waals surface area contributed by atoms with Gasteiger partial charge in [0, 0.05) is 18.2 Å². The predicted octanol–water partition coefficient (Wildman–Crippen LogP) is 1.94. The van der Waals surface area contributed by atoms with Crippen molar-refractivity contribution in [2.45, 2.75) is 0 Å². The second-order valence-electron chi connectivity index (χ2n) is 3.35. The van der Waals surface area contributed by atoms with Crippen LogP contribution in [0.2, 0.25) is 5.02 Å². The highest BCUT2D eigenvalue weighted by atomic mass is 35.5. The maximum atomic E-state index is 11.5. The summed E-state index contributed by atoms with van der Waals surface area (Å²) in [7, 11) is 2.87. The summed E-state index contributed by atoms with van der Waals surface area (Å²) in [5.74, 6) is -1.08. The monoisotopic (exact) mass is 285 g/mol. The SMILES string of the molecule is COc1cc(OC)c(NC(=O)C=CC(=O)O)cc1Cl. The molecule has 1 aromatic carbocycles. The van der Waals surface area contributed by atoms with E-state index in [2.05, 4.69) is 5.32 Å². The van der Waals surface area contributed by atoms with Crippen molar-refractivity contribution in [1.82, 2.24) is 0 Å². The van der Waals surface area contributed by atoms with Gasteiger partial charge in [0.25, 0.3) is 0 Å². The van der Waals surface area contributed by atoms with Gasteiger partial charge in [-0.15, -0.1) is 0 Å². The highest BCUT2D eigenvalue weighted by molar-refractivity contribution is 6.32. The number of carboxylic acid groups (broad SMARTS) is 1. The molecular weight excluding hydrogens is 274 g/mol. The highest BCUT2D eigenvalue weighted by Gasteiger charge is 2.11. The fraction of sp³-hybridized carbons (Fsp3) is 0.167. The van der Waals surface area contributed by atoms with Crippen molar-refractivity contribution in [3.63, 3.8) is 0 Å². The Morgan fingerprint density at radius 2 is 1.84 bits per heavy atom. The molecule has 0 aliphatic rings. The van der Waals surface area contributed by atoms with E-state index in [1.165, 1.54) is 26.4 Å². The van der Waals surface area contributed by atoms with Crippen molar-refractivity contribution in [1.29, 1.82) is 0 Å². The number of ether oxygens (including phenoxy) is 2. The normalized spacial score (nSPS) is 10.3. The molecule has 0 spiro atoms. The quantitative estimate of drug-likeness (QED) is 0.808. The van der Waals surface area contributed by atoms with Gasteiger partial charge in [0.1, 0.15) is 11.5 Å². The van der Waals surface area contributed by atoms with E-state index in [0.29, 0.717) is 22.2 Å². The molecule has 1 aromatic rings. The molecule has 0 aliphatic heterocycles. The molecule has 0 fully saturated rings. The first-order valence-electron chi connectivity index (χ1n) is 5.11. The Labute approximate surface area is 114 Å². The van der Waals surface area contributed by atoms with Gasteiger partial charge in [-0.3, -0.25) is 4.79 Å². The van der Waals surface area contributed by atoms with E-state index in [4.69, 9.17) is 26.2 Å². The third-order valence-corrected chi connectivity index (χ3v) is 2.40. The van der Waals surface area contributed by atoms with E-state index in [-0.39, 0.29) is 0 Å². The Kier molecular flexibility index (Phi) is 5.20. The zero-order valence-corrected chi connectivity index (χ0v) is 11.0. The minimum atomic E-state index is -1.21. The van der Waals surface area contributed by atoms with Gasteiger partial charge in [0.15, 0.2) is 0 Å². The van der Waals surface area contributed by atoms with Gasteiger partial charge < -0.3 is 19.9 Å². The average Bonchev–Trinajstić information content (AvgIpc) is 2.36. The number of carboxylic acids is 1. The number of methoxy groups -OCH3 is 2. The summed E-state index contributed by atoms with van der Waals surface area (Å²) in [6.07, 6.45) is 1.62. The maximum absolute atomic E-state index is 11.5. The van der Waals surface area contributed by atoms with E-state index in [0.717, 1.165) is 12.2 Å². The number of nitrogens with one attached hydrogen (secondary N) is 1. The molecule has 0 aromatic heterocycles. The minimum Gasteiger partial charge on any atom is -0.495 e. The summed E-state index contributed by atoms with van der Waals surface area (Å²) in [5, 5.41) is 11.2. The van der Waals surface area contributed by atoms with Gasteiger partial charge in [-0.25, -0.2) is 4.79 Å². The van der Waals surface area contributed by atoms with Crippen LogP contribution in [-0.4, -0.2) is 31.2 Å². The lowest BCUT2D eigenvalue weighted by Crippen LogP contribution is -2.10. The number of anilines is 1. The first-order valence-corrected chi connectivity index (χ1v) is 5.49. The molecule has 6 nitrogen and oxygen atoms in total. The number of rotatable bonds is 5. The Morgan fingerprint density at radius 1 is 1.21 bits per heavy atom. The van der Waals surface area contributed by atoms with Crippen molar-refractivity contribution in [3.8, 4) is 11.5 Å². The first-order chi connectivity index (χ1) is 8.97. The molecule has 7 heteroatoms. The van der Waals surface area contributed by atoms with Gasteiger partial charge in [-0.1, -0.05) is 11.6 Å². The van der Waals surface area contributed by atoms with Gasteiger partial charge >= 0.3 is 5.97 Å². The van der Waals surface area contributed by atoms with Gasteiger partial charge in [0.2, 0.25) is 5.91 Å². The largest absolute Gasteiger partial charge is 0.495 e. The molecule has 0 unspecified atom stereocenters. The Morgan fingerprint density at radius 3 is 2.37 bits per heavy atom. The molecule has 102 valence electrons. The average molecular weight is 286 g/mol. The zero-order chi connectivity index (χ0) is 14.4. The minimum absolute atomic E-state index is 0.292. The van der Waals surface area contributed by atoms with Gasteiger partial charge in [-0.05, 0) is 6.07 Å². The summed E-state index contributed by atoms with van der Waals surface area (Å²) < 4.78 is 10.1. The van der Waals surface area contributed by atoms with E-state index in [9.17, 15) is 9.59 Å². The molecule has 0 aliphatic carbocycles. The Bertz CT molecular complexity index is 527. The van der Waals surface area contributed by atoms with Crippen LogP contribution < -0.4 is 14.8 Å². The molecule has 0 atom stereocenters. The van der Waals surface area contributed by atoms with Crippen LogP contribution in [0.1, 0.15) is 0 Å². The predicted molar refractivity (Wildman–Crippen MR) is 70.0 cm³/mol. The van der Waals surface area contributed by atoms with Crippen LogP contribution in [0.25, 0.3) is 0 Å². The van der Waals surface area contributed by atoms with Gasteiger partial charge in [0.05, 0.1) is 24.9 Å². The molecule has 0 saturated heterocycles. The number of amides is 1. The maximum Gasteiger partial charge on any atom is 0.328 e. The molecular formula is C12H12ClNO5. The van der Waals surface area contributed by atoms with Crippen LogP contribution in [0.15, 0.2) is 24.3 Å². The van der Waals surface area contributed by atoms with Crippen LogP contribution in [-0.2, 0) is 9.59 Å². The third-order valence-electron chi connectivity index (χ3n) is 2.11. The molecule has 0 radical (unpaired) electrons. The van der Waals surface area contributed by atoms with Crippen LogP contribution in [0.3, 0.4) is 0 Å². The summed E-state index contributed by atoms with van der Waals surface area (Å²) in [4.78, 5) is 21.7. The smallest absolute Gasteiger partial charge is 0.328 e. The fourth-order valence-corrected chi connectivity index (χ4v) is 1.52. The molecule has 0 heterocycles. The van der Waals surface area contributed by atoms with E-state index in [1.807, 2.05) is 0 Å². The lowest BCUT2D eigenvalue weighted by molar-refractivity contribution is -0.131. The topological polar surface area (TPSA) is 84.9 Å². The second kappa shape index (κ2) is 6.65. The van der Waals surface area contributed by atoms with Crippen LogP contribution >= 0.6 is 11.6 Å². The number of halogens is 1. The van der Waals surface area contributed by atoms with Crippen LogP contribution in [0, 0.1) is 0 Å². The summed E-state index contributed by atoms with van der Waals surface area (Å²) in [6, 6.07) is 2.96. The molecule has 19 heavy (non-hydrogen) atoms. The van der Waals surface area contributed by atoms with E-state index in [1.54, 1.807) is 0 Å². The number of aliphatic carboxylic acids is 1. The number of carbonyl (C=O) groups is 2. The molecule has 2 N–H and O–H groups in total. The molecule has 1 rings (SSSR count). The molecule has 0 bridgehead atoms. The lowest BCUT2D eigenvalue weighted by atomic mass is 10.2. The highest BCUT2D eigenvalue weighted by Crippen LogP contribution is 2.35. The summed E-state index contributed by atoms with van der Waals surface area (Å²) >= 11 is 5.93. The summed E-state index contributed by atoms with van der Waals surface area (Å²) in [5.41, 5.74) is 0.313. The Hall–Kier alpha value is -2.21. The van der Waals surface area contributed by atoms with E-state index < -0.39 is 11.9 Å². The molecule has 1 amide bonds. The zero-order valence-electron chi connectivity index (χ0n) is 10.3. The number of benzene rings is 1. The van der Waals surface area contributed by atoms with Crippen molar-refractivity contribution in [2.24, 2.45) is 0 Å². The Balaban J connectivity index is 2.97. The van der Waals surface area contributed by atoms with Gasteiger partial charge in [-0.2, -0.15) is 0 Å². The van der Waals surface area contributed by atoms with Crippen molar-refractivity contribution >= 4 is 29.2 Å². The van der Waals surface area contributed by atoms with E-state index >= 15 is 0 Å².